The number of hydrogen-bond donors (Lipinski definition) is 2. The van der Waals surface area contributed by atoms with Gasteiger partial charge in [0.15, 0.2) is 17.7 Å². The summed E-state index contributed by atoms with van der Waals surface area (Å²) in [4.78, 5) is 81.9. The highest BCUT2D eigenvalue weighted by molar-refractivity contribution is 6.20. The second kappa shape index (κ2) is 14.2. The lowest BCUT2D eigenvalue weighted by molar-refractivity contribution is -0.161. The Kier molecular flexibility index (Phi) is 9.92. The Hall–Kier alpha value is -5.92. The molecule has 0 fully saturated rings. The van der Waals surface area contributed by atoms with E-state index in [1.165, 1.54) is 0 Å². The minimum Gasteiger partial charge on any atom is -0.469 e. The summed E-state index contributed by atoms with van der Waals surface area (Å²) in [6.07, 6.45) is -1.76. The number of rotatable bonds is 10. The number of ether oxygens (including phenoxy) is 6. The van der Waals surface area contributed by atoms with Crippen LogP contribution in [0.2, 0.25) is 0 Å². The molecule has 48 heavy (non-hydrogen) atoms. The van der Waals surface area contributed by atoms with Gasteiger partial charge >= 0.3 is 23.9 Å². The Morgan fingerprint density at radius 1 is 0.667 bits per heavy atom. The van der Waals surface area contributed by atoms with Gasteiger partial charge in [0.05, 0.1) is 39.9 Å². The largest absolute Gasteiger partial charge is 0.469 e. The third-order valence-corrected chi connectivity index (χ3v) is 8.10. The number of fused-ring (bicyclic) bond motifs is 1. The molecule has 0 aromatic heterocycles. The van der Waals surface area contributed by atoms with Crippen LogP contribution < -0.4 is 10.6 Å². The molecule has 2 N–H and O–H groups in total. The molecular formula is C34H32N2O12. The zero-order chi connectivity index (χ0) is 34.5. The van der Waals surface area contributed by atoms with Crippen molar-refractivity contribution < 1.29 is 57.2 Å². The van der Waals surface area contributed by atoms with Crippen molar-refractivity contribution in [2.45, 2.75) is 19.2 Å². The van der Waals surface area contributed by atoms with Gasteiger partial charge in [0, 0.05) is 13.1 Å². The lowest BCUT2D eigenvalue weighted by atomic mass is 9.68. The van der Waals surface area contributed by atoms with E-state index in [0.717, 1.165) is 39.6 Å². The van der Waals surface area contributed by atoms with E-state index in [1.54, 1.807) is 60.7 Å². The number of Topliss-reactive ketones (excluding diaryl/α,β-unsaturated/α-hetero) is 2. The van der Waals surface area contributed by atoms with Crippen LogP contribution in [0.5, 0.6) is 0 Å². The molecule has 2 aliphatic heterocycles. The van der Waals surface area contributed by atoms with Crippen molar-refractivity contribution in [2.24, 2.45) is 17.8 Å². The predicted octanol–water partition coefficient (Wildman–Crippen LogP) is 1.36. The highest BCUT2D eigenvalue weighted by atomic mass is 16.6. The summed E-state index contributed by atoms with van der Waals surface area (Å²) in [5.74, 6) is -12.6. The summed E-state index contributed by atoms with van der Waals surface area (Å²) in [6.45, 7) is 0.151. The van der Waals surface area contributed by atoms with Crippen LogP contribution >= 0.6 is 0 Å². The highest BCUT2D eigenvalue weighted by Crippen LogP contribution is 2.46. The average molecular weight is 661 g/mol. The minimum absolute atomic E-state index is 0.0704. The number of carbonyl (C=O) groups is 6. The topological polar surface area (TPSA) is 182 Å². The monoisotopic (exact) mass is 660 g/mol. The summed E-state index contributed by atoms with van der Waals surface area (Å²) in [5.41, 5.74) is 0.146. The van der Waals surface area contributed by atoms with Crippen LogP contribution in [-0.4, -0.2) is 70.0 Å². The van der Waals surface area contributed by atoms with Crippen molar-refractivity contribution in [1.82, 2.24) is 10.6 Å². The first-order chi connectivity index (χ1) is 23.2. The van der Waals surface area contributed by atoms with E-state index in [1.807, 2.05) is 0 Å². The summed E-state index contributed by atoms with van der Waals surface area (Å²) >= 11 is 0. The second-order valence-corrected chi connectivity index (χ2v) is 10.7. The molecule has 0 saturated carbocycles. The van der Waals surface area contributed by atoms with E-state index >= 15 is 0 Å². The molecule has 1 aliphatic carbocycles. The molecule has 3 aliphatic rings. The minimum atomic E-state index is -1.78. The fourth-order valence-corrected chi connectivity index (χ4v) is 5.84. The van der Waals surface area contributed by atoms with Gasteiger partial charge in [-0.05, 0) is 11.1 Å². The lowest BCUT2D eigenvalue weighted by Crippen LogP contribution is -2.56. The number of allylic oxidation sites excluding steroid dienone is 1. The molecule has 4 unspecified atom stereocenters. The summed E-state index contributed by atoms with van der Waals surface area (Å²) in [5, 5.41) is 5.83. The molecule has 2 aromatic rings. The van der Waals surface area contributed by atoms with Crippen molar-refractivity contribution in [3.05, 3.63) is 106 Å². The molecule has 5 rings (SSSR count). The van der Waals surface area contributed by atoms with Crippen LogP contribution in [0.15, 0.2) is 94.9 Å². The third kappa shape index (κ3) is 6.11. The number of carbonyl (C=O) groups excluding carboxylic acids is 6. The highest BCUT2D eigenvalue weighted by Gasteiger charge is 2.61. The Morgan fingerprint density at radius 3 is 1.71 bits per heavy atom. The molecule has 14 heteroatoms. The molecule has 4 atom stereocenters. The van der Waals surface area contributed by atoms with Crippen molar-refractivity contribution in [3.63, 3.8) is 0 Å². The second-order valence-electron chi connectivity index (χ2n) is 10.7. The normalized spacial score (nSPS) is 21.6. The molecule has 250 valence electrons. The Balaban J connectivity index is 1.63. The Morgan fingerprint density at radius 2 is 1.19 bits per heavy atom. The maximum atomic E-state index is 14.4. The van der Waals surface area contributed by atoms with Gasteiger partial charge in [0.2, 0.25) is 17.4 Å². The maximum absolute atomic E-state index is 14.4. The van der Waals surface area contributed by atoms with Crippen molar-refractivity contribution in [3.8, 4) is 0 Å². The van der Waals surface area contributed by atoms with E-state index in [0.29, 0.717) is 0 Å². The number of esters is 4. The molecule has 0 saturated heterocycles. The molecule has 0 bridgehead atoms. The van der Waals surface area contributed by atoms with Crippen LogP contribution in [0.25, 0.3) is 0 Å². The van der Waals surface area contributed by atoms with Crippen LogP contribution in [0.3, 0.4) is 0 Å². The number of hydrogen-bond acceptors (Lipinski definition) is 14. The molecule has 14 nitrogen and oxygen atoms in total. The van der Waals surface area contributed by atoms with E-state index < -0.39 is 76.2 Å². The Bertz CT molecular complexity index is 1680. The van der Waals surface area contributed by atoms with Crippen molar-refractivity contribution >= 4 is 35.4 Å². The van der Waals surface area contributed by atoms with Gasteiger partial charge < -0.3 is 39.1 Å². The SMILES string of the molecule is COC(=O)C1=C(NCc2ccccc2)OC2=C(C(=O)C3OC(NCc4ccccc4)=C(C(=O)OC)C(C(=O)OC)C3C2=O)C1C(=O)OC. The number of methoxy groups -OCH3 is 4. The van der Waals surface area contributed by atoms with E-state index in [9.17, 15) is 28.8 Å². The van der Waals surface area contributed by atoms with Crippen LogP contribution in [0.1, 0.15) is 11.1 Å². The summed E-state index contributed by atoms with van der Waals surface area (Å²) in [6, 6.07) is 17.9. The molecule has 0 radical (unpaired) electrons. The molecular weight excluding hydrogens is 628 g/mol. The van der Waals surface area contributed by atoms with E-state index in [2.05, 4.69) is 10.6 Å². The first-order valence-electron chi connectivity index (χ1n) is 14.7. The van der Waals surface area contributed by atoms with Crippen molar-refractivity contribution in [1.29, 1.82) is 0 Å². The maximum Gasteiger partial charge on any atom is 0.340 e. The molecule has 0 spiro atoms. The van der Waals surface area contributed by atoms with Crippen molar-refractivity contribution in [2.75, 3.05) is 28.4 Å². The molecule has 0 amide bonds. The van der Waals surface area contributed by atoms with Gasteiger partial charge in [-0.25, -0.2) is 9.59 Å². The number of benzene rings is 2. The Labute approximate surface area is 274 Å². The zero-order valence-electron chi connectivity index (χ0n) is 26.4. The fourth-order valence-electron chi connectivity index (χ4n) is 5.84. The van der Waals surface area contributed by atoms with Gasteiger partial charge in [-0.2, -0.15) is 0 Å². The number of ketones is 2. The quantitative estimate of drug-likeness (QED) is 0.275. The van der Waals surface area contributed by atoms with Gasteiger partial charge in [0.1, 0.15) is 23.0 Å². The average Bonchev–Trinajstić information content (AvgIpc) is 3.13. The lowest BCUT2D eigenvalue weighted by Gasteiger charge is -2.42. The van der Waals surface area contributed by atoms with Gasteiger partial charge in [0.25, 0.3) is 0 Å². The fraction of sp³-hybridized carbons (Fsp3) is 0.294. The van der Waals surface area contributed by atoms with E-state index in [-0.39, 0.29) is 30.4 Å². The van der Waals surface area contributed by atoms with Crippen LogP contribution in [0.4, 0.5) is 0 Å². The first kappa shape index (κ1) is 33.4. The predicted molar refractivity (Wildman–Crippen MR) is 162 cm³/mol. The van der Waals surface area contributed by atoms with Gasteiger partial charge in [-0.3, -0.25) is 19.2 Å². The van der Waals surface area contributed by atoms with Gasteiger partial charge in [-0.1, -0.05) is 60.7 Å². The summed E-state index contributed by atoms with van der Waals surface area (Å²) in [7, 11) is 4.25. The van der Waals surface area contributed by atoms with E-state index in [4.69, 9.17) is 28.4 Å². The first-order valence-corrected chi connectivity index (χ1v) is 14.7. The molecule has 2 heterocycles. The zero-order valence-corrected chi connectivity index (χ0v) is 26.4. The smallest absolute Gasteiger partial charge is 0.340 e. The number of nitrogens with one attached hydrogen (secondary N) is 2. The van der Waals surface area contributed by atoms with Crippen LogP contribution in [0, 0.1) is 17.8 Å². The molecule has 2 aromatic carbocycles. The standard InChI is InChI=1S/C34H32N2O12/c1-43-31(39)19-21-25(37)28-22(26(38)27(21)47-29(23(19)33(41)45-3)35-15-17-11-7-5-8-12-17)20(32(40)44-2)24(34(42)46-4)30(48-28)36-16-18-13-9-6-10-14-18/h5-14,19-21,27,35-36H,15-16H2,1-4H3. The van der Waals surface area contributed by atoms with Gasteiger partial charge in [-0.15, -0.1) is 0 Å². The van der Waals surface area contributed by atoms with Crippen LogP contribution in [-0.2, 0) is 70.3 Å². The summed E-state index contributed by atoms with van der Waals surface area (Å²) < 4.78 is 31.8. The third-order valence-electron chi connectivity index (χ3n) is 8.10.